The van der Waals surface area contributed by atoms with Crippen molar-refractivity contribution >= 4 is 22.9 Å². The molecule has 20 heavy (non-hydrogen) atoms. The number of aliphatic hydroxyl groups excluding tert-OH is 1. The monoisotopic (exact) mass is 318 g/mol. The number of hydrogen-bond donors (Lipinski definition) is 1. The quantitative estimate of drug-likeness (QED) is 0.848. The number of nitrogens with zero attached hydrogens (tertiary/aromatic N) is 2. The minimum absolute atomic E-state index is 0.0567. The van der Waals surface area contributed by atoms with Crippen molar-refractivity contribution in [2.24, 2.45) is 0 Å². The molecule has 0 bridgehead atoms. The molecular weight excluding hydrogens is 296 g/mol. The maximum Gasteiger partial charge on any atom is 0.110 e. The summed E-state index contributed by atoms with van der Waals surface area (Å²) in [5.74, 6) is 0.459. The molecule has 0 amide bonds. The van der Waals surface area contributed by atoms with Gasteiger partial charge in [0.2, 0.25) is 0 Å². The Hall–Kier alpha value is -0.200. The van der Waals surface area contributed by atoms with E-state index in [0.29, 0.717) is 5.88 Å². The lowest BCUT2D eigenvalue weighted by atomic mass is 10.0. The van der Waals surface area contributed by atoms with Gasteiger partial charge in [-0.05, 0) is 20.3 Å². The van der Waals surface area contributed by atoms with Gasteiger partial charge in [0.1, 0.15) is 5.01 Å². The molecule has 2 heterocycles. The van der Waals surface area contributed by atoms with Crippen molar-refractivity contribution in [2.45, 2.75) is 50.8 Å². The van der Waals surface area contributed by atoms with E-state index < -0.39 is 0 Å². The predicted molar refractivity (Wildman–Crippen MR) is 82.3 cm³/mol. The third kappa shape index (κ3) is 3.71. The zero-order valence-electron chi connectivity index (χ0n) is 12.3. The van der Waals surface area contributed by atoms with Crippen LogP contribution in [0.25, 0.3) is 0 Å². The Morgan fingerprint density at radius 3 is 2.95 bits per heavy atom. The number of ether oxygens (including phenoxy) is 1. The molecule has 1 saturated heterocycles. The van der Waals surface area contributed by atoms with Crippen LogP contribution in [0, 0.1) is 0 Å². The Morgan fingerprint density at radius 2 is 2.40 bits per heavy atom. The summed E-state index contributed by atoms with van der Waals surface area (Å²) in [5.41, 5.74) is 0.697. The second-order valence-electron chi connectivity index (χ2n) is 5.85. The fourth-order valence-corrected chi connectivity index (χ4v) is 4.06. The molecule has 0 spiro atoms. The number of morpholine rings is 1. The molecule has 1 fully saturated rings. The minimum atomic E-state index is -0.244. The molecule has 2 unspecified atom stereocenters. The van der Waals surface area contributed by atoms with Gasteiger partial charge in [0.05, 0.1) is 35.9 Å². The number of rotatable bonds is 5. The summed E-state index contributed by atoms with van der Waals surface area (Å²) in [4.78, 5) is 6.99. The van der Waals surface area contributed by atoms with Crippen LogP contribution in [0.4, 0.5) is 0 Å². The predicted octanol–water partition coefficient (Wildman–Crippen LogP) is 2.80. The van der Waals surface area contributed by atoms with Crippen molar-refractivity contribution in [3.8, 4) is 0 Å². The highest BCUT2D eigenvalue weighted by Gasteiger charge is 2.36. The van der Waals surface area contributed by atoms with Crippen LogP contribution in [0.5, 0.6) is 0 Å². The van der Waals surface area contributed by atoms with Gasteiger partial charge in [-0.3, -0.25) is 4.90 Å². The highest BCUT2D eigenvalue weighted by molar-refractivity contribution is 7.09. The van der Waals surface area contributed by atoms with Crippen molar-refractivity contribution in [3.63, 3.8) is 0 Å². The number of alkyl halides is 1. The van der Waals surface area contributed by atoms with Crippen LogP contribution >= 0.6 is 22.9 Å². The molecule has 6 heteroatoms. The van der Waals surface area contributed by atoms with E-state index in [-0.39, 0.29) is 24.4 Å². The number of aliphatic hydroxyl groups is 1. The largest absolute Gasteiger partial charge is 0.394 e. The summed E-state index contributed by atoms with van der Waals surface area (Å²) in [5, 5.41) is 12.6. The highest BCUT2D eigenvalue weighted by Crippen LogP contribution is 2.32. The van der Waals surface area contributed by atoms with Gasteiger partial charge in [-0.25, -0.2) is 4.98 Å². The molecule has 1 aromatic rings. The number of hydrogen-bond acceptors (Lipinski definition) is 5. The maximum atomic E-state index is 9.43. The van der Waals surface area contributed by atoms with Gasteiger partial charge in [-0.2, -0.15) is 0 Å². The van der Waals surface area contributed by atoms with E-state index in [1.54, 1.807) is 11.3 Å². The molecule has 0 saturated carbocycles. The fraction of sp³-hybridized carbons (Fsp3) is 0.786. The van der Waals surface area contributed by atoms with E-state index >= 15 is 0 Å². The Morgan fingerprint density at radius 1 is 1.65 bits per heavy atom. The van der Waals surface area contributed by atoms with Crippen LogP contribution in [-0.2, 0) is 10.6 Å². The molecule has 4 nitrogen and oxygen atoms in total. The molecule has 2 rings (SSSR count). The van der Waals surface area contributed by atoms with E-state index in [1.165, 1.54) is 0 Å². The second kappa shape index (κ2) is 6.71. The first-order valence-electron chi connectivity index (χ1n) is 7.02. The van der Waals surface area contributed by atoms with Gasteiger partial charge in [0, 0.05) is 18.5 Å². The van der Waals surface area contributed by atoms with Crippen molar-refractivity contribution < 1.29 is 9.84 Å². The van der Waals surface area contributed by atoms with Gasteiger partial charge in [-0.15, -0.1) is 22.9 Å². The average Bonchev–Trinajstić information content (AvgIpc) is 2.86. The average molecular weight is 319 g/mol. The fourth-order valence-electron chi connectivity index (χ4n) is 2.80. The summed E-state index contributed by atoms with van der Waals surface area (Å²) in [6.07, 6.45) is 0.865. The second-order valence-corrected chi connectivity index (χ2v) is 7.00. The lowest BCUT2D eigenvalue weighted by Gasteiger charge is -2.45. The first-order valence-corrected chi connectivity index (χ1v) is 8.43. The molecule has 0 aliphatic carbocycles. The topological polar surface area (TPSA) is 45.6 Å². The third-order valence-corrected chi connectivity index (χ3v) is 4.80. The Bertz CT molecular complexity index is 439. The van der Waals surface area contributed by atoms with Crippen LogP contribution in [0.1, 0.15) is 43.9 Å². The SMILES string of the molecule is CCC(c1nc(CCl)cs1)N1CC(CO)OC(C)(C)C1. The van der Waals surface area contributed by atoms with Gasteiger partial charge in [0.15, 0.2) is 0 Å². The summed E-state index contributed by atoms with van der Waals surface area (Å²) >= 11 is 7.51. The zero-order chi connectivity index (χ0) is 14.8. The van der Waals surface area contributed by atoms with Crippen molar-refractivity contribution in [3.05, 3.63) is 16.1 Å². The third-order valence-electron chi connectivity index (χ3n) is 3.53. The smallest absolute Gasteiger partial charge is 0.110 e. The van der Waals surface area contributed by atoms with E-state index in [1.807, 2.05) is 5.38 Å². The van der Waals surface area contributed by atoms with Crippen LogP contribution < -0.4 is 0 Å². The standard InChI is InChI=1S/C14H23ClN2O2S/c1-4-12(13-16-10(5-15)8-20-13)17-6-11(7-18)19-14(2,3)9-17/h8,11-12,18H,4-7,9H2,1-3H3. The molecule has 1 aromatic heterocycles. The normalized spacial score (nSPS) is 24.8. The van der Waals surface area contributed by atoms with Crippen LogP contribution in [0.15, 0.2) is 5.38 Å². The Kier molecular flexibility index (Phi) is 5.42. The van der Waals surface area contributed by atoms with Crippen molar-refractivity contribution in [1.82, 2.24) is 9.88 Å². The van der Waals surface area contributed by atoms with Gasteiger partial charge in [0.25, 0.3) is 0 Å². The first-order chi connectivity index (χ1) is 9.49. The lowest BCUT2D eigenvalue weighted by molar-refractivity contribution is -0.157. The van der Waals surface area contributed by atoms with E-state index in [9.17, 15) is 5.11 Å². The van der Waals surface area contributed by atoms with E-state index in [4.69, 9.17) is 16.3 Å². The summed E-state index contributed by atoms with van der Waals surface area (Å²) in [7, 11) is 0. The van der Waals surface area contributed by atoms with Gasteiger partial charge in [-0.1, -0.05) is 6.92 Å². The molecule has 1 N–H and O–H groups in total. The zero-order valence-corrected chi connectivity index (χ0v) is 13.9. The van der Waals surface area contributed by atoms with Crippen LogP contribution in [0.3, 0.4) is 0 Å². The van der Waals surface area contributed by atoms with Crippen molar-refractivity contribution in [1.29, 1.82) is 0 Å². The van der Waals surface area contributed by atoms with E-state index in [2.05, 4.69) is 30.7 Å². The Balaban J connectivity index is 2.17. The molecule has 1 aliphatic rings. The Labute approximate surface area is 129 Å². The highest BCUT2D eigenvalue weighted by atomic mass is 35.5. The molecular formula is C14H23ClN2O2S. The molecule has 2 atom stereocenters. The van der Waals surface area contributed by atoms with Crippen LogP contribution in [-0.4, -0.2) is 46.4 Å². The van der Waals surface area contributed by atoms with Crippen LogP contribution in [0.2, 0.25) is 0 Å². The summed E-state index contributed by atoms with van der Waals surface area (Å²) in [6.45, 7) is 7.96. The first kappa shape index (κ1) is 16.2. The maximum absolute atomic E-state index is 9.43. The van der Waals surface area contributed by atoms with E-state index in [0.717, 1.165) is 30.2 Å². The molecule has 0 aromatic carbocycles. The van der Waals surface area contributed by atoms with Gasteiger partial charge >= 0.3 is 0 Å². The summed E-state index contributed by atoms with van der Waals surface area (Å²) in [6, 6.07) is 0.272. The lowest BCUT2D eigenvalue weighted by Crippen LogP contribution is -2.54. The number of thiazole rings is 1. The minimum Gasteiger partial charge on any atom is -0.394 e. The van der Waals surface area contributed by atoms with Crippen molar-refractivity contribution in [2.75, 3.05) is 19.7 Å². The molecule has 0 radical (unpaired) electrons. The number of aromatic nitrogens is 1. The molecule has 1 aliphatic heterocycles. The molecule has 114 valence electrons. The number of halogens is 1. The van der Waals surface area contributed by atoms with Gasteiger partial charge < -0.3 is 9.84 Å². The summed E-state index contributed by atoms with van der Waals surface area (Å²) < 4.78 is 5.88.